The fourth-order valence-corrected chi connectivity index (χ4v) is 4.15. The molecule has 3 aromatic rings. The number of nitrogens with zero attached hydrogens (tertiary/aromatic N) is 3. The Morgan fingerprint density at radius 3 is 2.41 bits per heavy atom. The van der Waals surface area contributed by atoms with Crippen LogP contribution in [-0.4, -0.2) is 74.2 Å². The Labute approximate surface area is 219 Å². The van der Waals surface area contributed by atoms with E-state index < -0.39 is 0 Å². The number of carbonyl (C=O) groups excluding carboxylic acids is 1. The van der Waals surface area contributed by atoms with Crippen LogP contribution in [-0.2, 0) is 17.6 Å². The van der Waals surface area contributed by atoms with E-state index in [0.29, 0.717) is 19.1 Å². The number of hydrogen-bond acceptors (Lipinski definition) is 6. The van der Waals surface area contributed by atoms with Crippen LogP contribution in [0.5, 0.6) is 11.6 Å². The molecule has 2 aromatic carbocycles. The third kappa shape index (κ3) is 9.15. The lowest BCUT2D eigenvalue weighted by Gasteiger charge is -2.32. The van der Waals surface area contributed by atoms with Crippen LogP contribution in [0.3, 0.4) is 0 Å². The number of ether oxygens (including phenoxy) is 2. The number of benzene rings is 2. The van der Waals surface area contributed by atoms with Crippen molar-refractivity contribution >= 4 is 6.41 Å². The molecule has 0 atom stereocenters. The zero-order chi connectivity index (χ0) is 26.5. The Balaban J connectivity index is 0.00000121. The molecule has 1 saturated heterocycles. The van der Waals surface area contributed by atoms with Crippen molar-refractivity contribution in [1.29, 1.82) is 0 Å². The molecule has 1 aliphatic heterocycles. The van der Waals surface area contributed by atoms with Crippen LogP contribution in [0.15, 0.2) is 60.7 Å². The van der Waals surface area contributed by atoms with E-state index >= 15 is 0 Å². The Kier molecular flexibility index (Phi) is 11.3. The molecular formula is C29H37FN4O3. The molecule has 2 N–H and O–H groups in total. The van der Waals surface area contributed by atoms with Gasteiger partial charge in [-0.3, -0.25) is 9.69 Å². The summed E-state index contributed by atoms with van der Waals surface area (Å²) in [5.41, 5.74) is 8.08. The first-order valence-corrected chi connectivity index (χ1v) is 12.7. The van der Waals surface area contributed by atoms with Gasteiger partial charge in [-0.15, -0.1) is 0 Å². The number of rotatable bonds is 10. The molecule has 7 nitrogen and oxygen atoms in total. The molecule has 4 rings (SSSR count). The Morgan fingerprint density at radius 1 is 1.00 bits per heavy atom. The maximum Gasteiger partial charge on any atom is 0.221 e. The number of aryl methyl sites for hydroxylation is 2. The predicted octanol–water partition coefficient (Wildman–Crippen LogP) is 3.80. The van der Waals surface area contributed by atoms with E-state index in [9.17, 15) is 4.39 Å². The minimum atomic E-state index is -0.204. The molecule has 0 bridgehead atoms. The van der Waals surface area contributed by atoms with Gasteiger partial charge in [0.2, 0.25) is 12.3 Å². The van der Waals surface area contributed by atoms with Crippen LogP contribution >= 0.6 is 0 Å². The molecule has 1 aromatic heterocycles. The van der Waals surface area contributed by atoms with Crippen LogP contribution < -0.4 is 15.2 Å². The zero-order valence-corrected chi connectivity index (χ0v) is 21.7. The van der Waals surface area contributed by atoms with E-state index in [1.165, 1.54) is 6.07 Å². The molecule has 1 fully saturated rings. The number of nitrogens with two attached hydrogens (primary N) is 1. The SMILES string of the molecule is CCOc1ccc(-c2ccc(CCc3cccc(F)c3)nc2OCCN2CCN(C)CC2)cc1.NC=O. The minimum absolute atomic E-state index is 0.204. The van der Waals surface area contributed by atoms with Crippen molar-refractivity contribution in [3.8, 4) is 22.8 Å². The van der Waals surface area contributed by atoms with Gasteiger partial charge in [0, 0.05) is 44.0 Å². The summed E-state index contributed by atoms with van der Waals surface area (Å²) in [6.45, 7) is 8.39. The van der Waals surface area contributed by atoms with Crippen LogP contribution in [0.1, 0.15) is 18.2 Å². The van der Waals surface area contributed by atoms with E-state index in [1.54, 1.807) is 12.1 Å². The molecule has 0 radical (unpaired) electrons. The number of likely N-dealkylation sites (N-methyl/N-ethyl adjacent to an activating group) is 1. The predicted molar refractivity (Wildman–Crippen MR) is 144 cm³/mol. The van der Waals surface area contributed by atoms with Crippen LogP contribution in [0.2, 0.25) is 0 Å². The van der Waals surface area contributed by atoms with Crippen molar-refractivity contribution in [1.82, 2.24) is 14.8 Å². The third-order valence-corrected chi connectivity index (χ3v) is 6.20. The van der Waals surface area contributed by atoms with Crippen molar-refractivity contribution < 1.29 is 18.7 Å². The molecule has 1 amide bonds. The molecule has 2 heterocycles. The highest BCUT2D eigenvalue weighted by Crippen LogP contribution is 2.30. The highest BCUT2D eigenvalue weighted by atomic mass is 19.1. The number of pyridine rings is 1. The molecule has 1 aliphatic rings. The molecule has 37 heavy (non-hydrogen) atoms. The Hall–Kier alpha value is -3.49. The molecule has 8 heteroatoms. The second kappa shape index (κ2) is 14.9. The summed E-state index contributed by atoms with van der Waals surface area (Å²) in [6.07, 6.45) is 1.70. The van der Waals surface area contributed by atoms with E-state index in [4.69, 9.17) is 19.3 Å². The van der Waals surface area contributed by atoms with Gasteiger partial charge in [0.15, 0.2) is 0 Å². The molecular weight excluding hydrogens is 471 g/mol. The van der Waals surface area contributed by atoms with Crippen molar-refractivity contribution in [3.63, 3.8) is 0 Å². The van der Waals surface area contributed by atoms with Crippen LogP contribution in [0, 0.1) is 5.82 Å². The van der Waals surface area contributed by atoms with Crippen molar-refractivity contribution in [2.45, 2.75) is 19.8 Å². The van der Waals surface area contributed by atoms with Crippen LogP contribution in [0.4, 0.5) is 4.39 Å². The van der Waals surface area contributed by atoms with Gasteiger partial charge in [-0.05, 0) is 74.3 Å². The second-order valence-corrected chi connectivity index (χ2v) is 8.87. The lowest BCUT2D eigenvalue weighted by atomic mass is 10.0. The van der Waals surface area contributed by atoms with Gasteiger partial charge >= 0.3 is 0 Å². The van der Waals surface area contributed by atoms with Gasteiger partial charge in [-0.2, -0.15) is 0 Å². The minimum Gasteiger partial charge on any atom is -0.494 e. The lowest BCUT2D eigenvalue weighted by Crippen LogP contribution is -2.45. The van der Waals surface area contributed by atoms with Gasteiger partial charge in [0.1, 0.15) is 18.2 Å². The molecule has 198 valence electrons. The Morgan fingerprint density at radius 2 is 1.73 bits per heavy atom. The first-order valence-electron chi connectivity index (χ1n) is 12.7. The monoisotopic (exact) mass is 508 g/mol. The van der Waals surface area contributed by atoms with Gasteiger partial charge in [0.05, 0.1) is 6.61 Å². The number of carbonyl (C=O) groups is 1. The summed E-state index contributed by atoms with van der Waals surface area (Å²) in [6, 6.07) is 18.9. The number of amides is 1. The average molecular weight is 509 g/mol. The van der Waals surface area contributed by atoms with E-state index in [2.05, 4.69) is 28.6 Å². The van der Waals surface area contributed by atoms with Gasteiger partial charge in [-0.1, -0.05) is 24.3 Å². The van der Waals surface area contributed by atoms with Gasteiger partial charge < -0.3 is 20.1 Å². The number of aromatic nitrogens is 1. The lowest BCUT2D eigenvalue weighted by molar-refractivity contribution is -0.106. The topological polar surface area (TPSA) is 80.9 Å². The highest BCUT2D eigenvalue weighted by molar-refractivity contribution is 5.69. The van der Waals surface area contributed by atoms with E-state index in [-0.39, 0.29) is 12.2 Å². The average Bonchev–Trinajstić information content (AvgIpc) is 2.90. The summed E-state index contributed by atoms with van der Waals surface area (Å²) < 4.78 is 25.4. The Bertz CT molecular complexity index is 1100. The summed E-state index contributed by atoms with van der Waals surface area (Å²) >= 11 is 0. The van der Waals surface area contributed by atoms with Crippen molar-refractivity contribution in [2.75, 3.05) is 53.0 Å². The molecule has 0 aliphatic carbocycles. The van der Waals surface area contributed by atoms with Crippen molar-refractivity contribution in [2.24, 2.45) is 5.73 Å². The summed E-state index contributed by atoms with van der Waals surface area (Å²) in [5, 5.41) is 0. The summed E-state index contributed by atoms with van der Waals surface area (Å²) in [7, 11) is 2.16. The fourth-order valence-electron chi connectivity index (χ4n) is 4.15. The zero-order valence-electron chi connectivity index (χ0n) is 21.7. The highest BCUT2D eigenvalue weighted by Gasteiger charge is 2.15. The molecule has 0 unspecified atom stereocenters. The standard InChI is InChI=1S/C28H34FN3O2.CH3NO/c1-3-33-26-12-8-23(9-13-26)27-14-11-25(10-7-22-5-4-6-24(29)21-22)30-28(27)34-20-19-32-17-15-31(2)16-18-32;2-1-3/h4-6,8-9,11-14,21H,3,7,10,15-20H2,1-2H3;1H,(H2,2,3). The maximum absolute atomic E-state index is 13.5. The normalized spacial score (nSPS) is 13.9. The number of hydrogen-bond donors (Lipinski definition) is 1. The summed E-state index contributed by atoms with van der Waals surface area (Å²) in [4.78, 5) is 18.2. The number of piperazine rings is 1. The maximum atomic E-state index is 13.5. The third-order valence-electron chi connectivity index (χ3n) is 6.20. The van der Waals surface area contributed by atoms with Gasteiger partial charge in [0.25, 0.3) is 0 Å². The van der Waals surface area contributed by atoms with Crippen LogP contribution in [0.25, 0.3) is 11.1 Å². The summed E-state index contributed by atoms with van der Waals surface area (Å²) in [5.74, 6) is 1.29. The van der Waals surface area contributed by atoms with E-state index in [0.717, 1.165) is 73.7 Å². The van der Waals surface area contributed by atoms with E-state index in [1.807, 2.05) is 43.3 Å². The molecule has 0 spiro atoms. The number of halogens is 1. The number of primary amides is 1. The largest absolute Gasteiger partial charge is 0.494 e. The first kappa shape index (κ1) is 28.1. The molecule has 0 saturated carbocycles. The van der Waals surface area contributed by atoms with Gasteiger partial charge in [-0.25, -0.2) is 9.37 Å². The smallest absolute Gasteiger partial charge is 0.221 e. The quantitative estimate of drug-likeness (QED) is 0.420. The van der Waals surface area contributed by atoms with Crippen molar-refractivity contribution in [3.05, 3.63) is 77.7 Å². The second-order valence-electron chi connectivity index (χ2n) is 8.87. The fraction of sp³-hybridized carbons (Fsp3) is 0.379. The first-order chi connectivity index (χ1) is 18.0.